The predicted octanol–water partition coefficient (Wildman–Crippen LogP) is 2.58. The van der Waals surface area contributed by atoms with Gasteiger partial charge in [-0.2, -0.15) is 0 Å². The van der Waals surface area contributed by atoms with Crippen molar-refractivity contribution < 1.29 is 4.39 Å². The molecule has 4 rings (SSSR count). The maximum absolute atomic E-state index is 14.2. The molecule has 6 nitrogen and oxygen atoms in total. The minimum absolute atomic E-state index is 0.277. The number of nitrogens with zero attached hydrogens (tertiary/aromatic N) is 4. The van der Waals surface area contributed by atoms with E-state index in [-0.39, 0.29) is 11.1 Å². The average Bonchev–Trinajstić information content (AvgIpc) is 2.62. The van der Waals surface area contributed by atoms with Crippen LogP contribution in [0.5, 0.6) is 0 Å². The Labute approximate surface area is 135 Å². The third kappa shape index (κ3) is 2.41. The zero-order valence-corrected chi connectivity index (χ0v) is 12.3. The molecule has 0 aliphatic heterocycles. The first-order chi connectivity index (χ1) is 11.7. The van der Waals surface area contributed by atoms with Gasteiger partial charge in [-0.1, -0.05) is 0 Å². The van der Waals surface area contributed by atoms with E-state index in [0.29, 0.717) is 22.6 Å². The second-order valence-corrected chi connectivity index (χ2v) is 5.07. The fourth-order valence-electron chi connectivity index (χ4n) is 2.44. The van der Waals surface area contributed by atoms with Gasteiger partial charge in [0.2, 0.25) is 5.56 Å². The number of pyridine rings is 3. The molecule has 0 amide bonds. The van der Waals surface area contributed by atoms with Crippen LogP contribution in [0.3, 0.4) is 0 Å². The Morgan fingerprint density at radius 3 is 2.46 bits per heavy atom. The number of halogens is 1. The Morgan fingerprint density at radius 2 is 1.67 bits per heavy atom. The maximum atomic E-state index is 14.2. The standard InChI is InChI=1S/C17H10FN5O/c18-12-9-20-8-5-11(12)16-15(10-3-6-19-7-4-10)23-17-13(21-16)1-2-14(24)22-17/h1-9H,(H,22,23,24). The van der Waals surface area contributed by atoms with Crippen LogP contribution in [0.2, 0.25) is 0 Å². The van der Waals surface area contributed by atoms with E-state index in [2.05, 4.69) is 24.9 Å². The summed E-state index contributed by atoms with van der Waals surface area (Å²) in [5.74, 6) is -0.495. The van der Waals surface area contributed by atoms with Gasteiger partial charge in [-0.3, -0.25) is 14.8 Å². The number of aromatic amines is 1. The van der Waals surface area contributed by atoms with E-state index in [9.17, 15) is 9.18 Å². The van der Waals surface area contributed by atoms with Crippen molar-refractivity contribution in [1.29, 1.82) is 0 Å². The minimum Gasteiger partial charge on any atom is -0.305 e. The van der Waals surface area contributed by atoms with Crippen molar-refractivity contribution in [3.63, 3.8) is 0 Å². The van der Waals surface area contributed by atoms with Crippen molar-refractivity contribution in [1.82, 2.24) is 24.9 Å². The van der Waals surface area contributed by atoms with Gasteiger partial charge in [0, 0.05) is 35.8 Å². The van der Waals surface area contributed by atoms with E-state index in [1.807, 2.05) is 0 Å². The van der Waals surface area contributed by atoms with Crippen LogP contribution in [0.1, 0.15) is 0 Å². The number of nitrogens with one attached hydrogen (secondary N) is 1. The molecule has 0 radical (unpaired) electrons. The second kappa shape index (κ2) is 5.62. The molecule has 4 aromatic rings. The first kappa shape index (κ1) is 14.1. The summed E-state index contributed by atoms with van der Waals surface area (Å²) in [6, 6.07) is 7.95. The molecule has 4 aromatic heterocycles. The molecule has 1 N–H and O–H groups in total. The van der Waals surface area contributed by atoms with Gasteiger partial charge in [-0.25, -0.2) is 14.4 Å². The average molecular weight is 319 g/mol. The first-order valence-corrected chi connectivity index (χ1v) is 7.14. The van der Waals surface area contributed by atoms with E-state index < -0.39 is 5.82 Å². The van der Waals surface area contributed by atoms with Crippen LogP contribution in [0.15, 0.2) is 59.9 Å². The van der Waals surface area contributed by atoms with Gasteiger partial charge in [0.15, 0.2) is 11.5 Å². The summed E-state index contributed by atoms with van der Waals surface area (Å²) in [7, 11) is 0. The van der Waals surface area contributed by atoms with Gasteiger partial charge in [-0.05, 0) is 24.3 Å². The molecule has 0 spiro atoms. The van der Waals surface area contributed by atoms with Crippen LogP contribution in [0.25, 0.3) is 33.7 Å². The predicted molar refractivity (Wildman–Crippen MR) is 86.6 cm³/mol. The topological polar surface area (TPSA) is 84.4 Å². The normalized spacial score (nSPS) is 10.9. The number of hydrogen-bond donors (Lipinski definition) is 1. The highest BCUT2D eigenvalue weighted by Gasteiger charge is 2.16. The number of fused-ring (bicyclic) bond motifs is 1. The Hall–Kier alpha value is -3.48. The molecular weight excluding hydrogens is 309 g/mol. The van der Waals surface area contributed by atoms with Crippen molar-refractivity contribution in [3.8, 4) is 22.5 Å². The highest BCUT2D eigenvalue weighted by Crippen LogP contribution is 2.31. The van der Waals surface area contributed by atoms with Gasteiger partial charge in [0.1, 0.15) is 11.2 Å². The Kier molecular flexibility index (Phi) is 3.31. The monoisotopic (exact) mass is 319 g/mol. The van der Waals surface area contributed by atoms with Crippen LogP contribution < -0.4 is 5.56 Å². The molecule has 0 aliphatic rings. The molecule has 0 saturated heterocycles. The van der Waals surface area contributed by atoms with E-state index in [1.165, 1.54) is 12.3 Å². The Bertz CT molecular complexity index is 1090. The molecule has 0 saturated carbocycles. The molecule has 0 aliphatic carbocycles. The van der Waals surface area contributed by atoms with Crippen LogP contribution in [-0.4, -0.2) is 24.9 Å². The summed E-state index contributed by atoms with van der Waals surface area (Å²) in [5.41, 5.74) is 2.37. The highest BCUT2D eigenvalue weighted by atomic mass is 19.1. The van der Waals surface area contributed by atoms with Gasteiger partial charge < -0.3 is 4.98 Å². The summed E-state index contributed by atoms with van der Waals surface area (Å²) >= 11 is 0. The number of H-pyrrole nitrogens is 1. The third-order valence-electron chi connectivity index (χ3n) is 3.54. The van der Waals surface area contributed by atoms with E-state index >= 15 is 0 Å². The van der Waals surface area contributed by atoms with Crippen molar-refractivity contribution in [2.24, 2.45) is 0 Å². The van der Waals surface area contributed by atoms with Crippen molar-refractivity contribution >= 4 is 11.2 Å². The number of rotatable bonds is 2. The van der Waals surface area contributed by atoms with Crippen LogP contribution in [0, 0.1) is 5.82 Å². The molecule has 116 valence electrons. The van der Waals surface area contributed by atoms with Crippen LogP contribution in [-0.2, 0) is 0 Å². The van der Waals surface area contributed by atoms with E-state index in [0.717, 1.165) is 11.8 Å². The molecule has 0 bridgehead atoms. The molecular formula is C17H10FN5O. The summed E-state index contributed by atoms with van der Waals surface area (Å²) in [4.78, 5) is 30.9. The largest absolute Gasteiger partial charge is 0.305 e. The lowest BCUT2D eigenvalue weighted by molar-refractivity contribution is 0.624. The zero-order chi connectivity index (χ0) is 16.5. The second-order valence-electron chi connectivity index (χ2n) is 5.07. The lowest BCUT2D eigenvalue weighted by atomic mass is 10.1. The summed E-state index contributed by atoms with van der Waals surface area (Å²) in [6.45, 7) is 0. The Balaban J connectivity index is 2.09. The SMILES string of the molecule is O=c1ccc2nc(-c3ccncc3F)c(-c3ccncc3)nc2[nH]1. The van der Waals surface area contributed by atoms with Gasteiger partial charge in [0.25, 0.3) is 0 Å². The summed E-state index contributed by atoms with van der Waals surface area (Å²) in [6.07, 6.45) is 5.85. The summed E-state index contributed by atoms with van der Waals surface area (Å²) < 4.78 is 14.2. The third-order valence-corrected chi connectivity index (χ3v) is 3.54. The Morgan fingerprint density at radius 1 is 0.875 bits per heavy atom. The quantitative estimate of drug-likeness (QED) is 0.614. The fraction of sp³-hybridized carbons (Fsp3) is 0. The lowest BCUT2D eigenvalue weighted by Crippen LogP contribution is -2.06. The molecule has 24 heavy (non-hydrogen) atoms. The van der Waals surface area contributed by atoms with Gasteiger partial charge >= 0.3 is 0 Å². The zero-order valence-electron chi connectivity index (χ0n) is 12.3. The molecule has 4 heterocycles. The van der Waals surface area contributed by atoms with E-state index in [4.69, 9.17) is 0 Å². The molecule has 0 unspecified atom stereocenters. The summed E-state index contributed by atoms with van der Waals surface area (Å²) in [5, 5.41) is 0. The van der Waals surface area contributed by atoms with Gasteiger partial charge in [0.05, 0.1) is 11.9 Å². The fourth-order valence-corrected chi connectivity index (χ4v) is 2.44. The molecule has 0 aromatic carbocycles. The molecule has 7 heteroatoms. The first-order valence-electron chi connectivity index (χ1n) is 7.14. The van der Waals surface area contributed by atoms with E-state index in [1.54, 1.807) is 36.7 Å². The van der Waals surface area contributed by atoms with Crippen molar-refractivity contribution in [2.75, 3.05) is 0 Å². The lowest BCUT2D eigenvalue weighted by Gasteiger charge is -2.10. The van der Waals surface area contributed by atoms with Gasteiger partial charge in [-0.15, -0.1) is 0 Å². The van der Waals surface area contributed by atoms with Crippen LogP contribution >= 0.6 is 0 Å². The molecule has 0 fully saturated rings. The number of aromatic nitrogens is 5. The molecule has 0 atom stereocenters. The highest BCUT2D eigenvalue weighted by molar-refractivity contribution is 5.84. The smallest absolute Gasteiger partial charge is 0.249 e. The maximum Gasteiger partial charge on any atom is 0.249 e. The van der Waals surface area contributed by atoms with Crippen molar-refractivity contribution in [2.45, 2.75) is 0 Å². The number of hydrogen-bond acceptors (Lipinski definition) is 5. The van der Waals surface area contributed by atoms with Crippen molar-refractivity contribution in [3.05, 3.63) is 71.3 Å². The minimum atomic E-state index is -0.495. The van der Waals surface area contributed by atoms with Crippen LogP contribution in [0.4, 0.5) is 4.39 Å².